The van der Waals surface area contributed by atoms with Gasteiger partial charge >= 0.3 is 0 Å². The number of benzene rings is 1. The third-order valence-corrected chi connectivity index (χ3v) is 2.48. The summed E-state index contributed by atoms with van der Waals surface area (Å²) in [6, 6.07) is 5.80. The number of nitrogens with zero attached hydrogens (tertiary/aromatic N) is 2. The lowest BCUT2D eigenvalue weighted by Gasteiger charge is -2.07. The Hall–Kier alpha value is -2.37. The van der Waals surface area contributed by atoms with Crippen LogP contribution >= 0.6 is 0 Å². The fraction of sp³-hybridized carbons (Fsp3) is 0.308. The zero-order valence-corrected chi connectivity index (χ0v) is 11.1. The van der Waals surface area contributed by atoms with Crippen LogP contribution in [0.15, 0.2) is 22.8 Å². The van der Waals surface area contributed by atoms with E-state index < -0.39 is 0 Å². The molecule has 0 aliphatic carbocycles. The molecule has 1 aromatic heterocycles. The third-order valence-electron chi connectivity index (χ3n) is 2.48. The van der Waals surface area contributed by atoms with Gasteiger partial charge in [-0.1, -0.05) is 11.2 Å². The Kier molecular flexibility index (Phi) is 3.79. The number of ether oxygens (including phenoxy) is 1. The molecule has 100 valence electrons. The maximum atomic E-state index is 11.7. The standard InChI is InChI=1S/C13H15N3O3/c1-8-4-9(2)6-11(5-8)18-7-12(17)14-13-10(3)15-19-16-13/h4-6H,7H2,1-3H3,(H,14,16,17). The second-order valence-corrected chi connectivity index (χ2v) is 4.36. The summed E-state index contributed by atoms with van der Waals surface area (Å²) >= 11 is 0. The largest absolute Gasteiger partial charge is 0.484 e. The highest BCUT2D eigenvalue weighted by atomic mass is 16.6. The number of amides is 1. The number of hydrogen-bond donors (Lipinski definition) is 1. The van der Waals surface area contributed by atoms with Gasteiger partial charge in [-0.05, 0) is 49.2 Å². The maximum absolute atomic E-state index is 11.7. The molecule has 0 spiro atoms. The molecule has 0 aliphatic heterocycles. The van der Waals surface area contributed by atoms with E-state index in [9.17, 15) is 4.79 Å². The summed E-state index contributed by atoms with van der Waals surface area (Å²) in [5.74, 6) is 0.676. The molecule has 1 N–H and O–H groups in total. The van der Waals surface area contributed by atoms with Gasteiger partial charge in [0.2, 0.25) is 0 Å². The number of aromatic nitrogens is 2. The Bertz CT molecular complexity index is 572. The summed E-state index contributed by atoms with van der Waals surface area (Å²) in [5.41, 5.74) is 2.71. The van der Waals surface area contributed by atoms with E-state index in [1.807, 2.05) is 32.0 Å². The van der Waals surface area contributed by atoms with E-state index in [1.54, 1.807) is 6.92 Å². The zero-order valence-electron chi connectivity index (χ0n) is 11.1. The van der Waals surface area contributed by atoms with Crippen LogP contribution in [0.5, 0.6) is 5.75 Å². The van der Waals surface area contributed by atoms with E-state index >= 15 is 0 Å². The Labute approximate surface area is 110 Å². The summed E-state index contributed by atoms with van der Waals surface area (Å²) in [7, 11) is 0. The van der Waals surface area contributed by atoms with Crippen LogP contribution < -0.4 is 10.1 Å². The van der Waals surface area contributed by atoms with Crippen molar-refractivity contribution in [2.24, 2.45) is 0 Å². The van der Waals surface area contributed by atoms with Gasteiger partial charge in [0.1, 0.15) is 11.4 Å². The number of hydrogen-bond acceptors (Lipinski definition) is 5. The van der Waals surface area contributed by atoms with Gasteiger partial charge in [-0.3, -0.25) is 4.79 Å². The van der Waals surface area contributed by atoms with Crippen molar-refractivity contribution in [1.29, 1.82) is 0 Å². The van der Waals surface area contributed by atoms with Crippen molar-refractivity contribution in [3.63, 3.8) is 0 Å². The molecule has 2 rings (SSSR count). The average Bonchev–Trinajstić information content (AvgIpc) is 2.71. The van der Waals surface area contributed by atoms with Crippen molar-refractivity contribution < 1.29 is 14.2 Å². The molecule has 6 nitrogen and oxygen atoms in total. The van der Waals surface area contributed by atoms with Crippen LogP contribution in [0.1, 0.15) is 16.8 Å². The van der Waals surface area contributed by atoms with Crippen LogP contribution in [0.3, 0.4) is 0 Å². The molecule has 0 bridgehead atoms. The first-order valence-corrected chi connectivity index (χ1v) is 5.84. The van der Waals surface area contributed by atoms with E-state index in [0.717, 1.165) is 11.1 Å². The molecule has 0 fully saturated rings. The molecule has 0 aliphatic rings. The minimum Gasteiger partial charge on any atom is -0.484 e. The minimum atomic E-state index is -0.307. The average molecular weight is 261 g/mol. The SMILES string of the molecule is Cc1cc(C)cc(OCC(=O)Nc2nonc2C)c1. The van der Waals surface area contributed by atoms with Gasteiger partial charge in [0.15, 0.2) is 12.4 Å². The van der Waals surface area contributed by atoms with Gasteiger partial charge < -0.3 is 10.1 Å². The monoisotopic (exact) mass is 261 g/mol. The Morgan fingerprint density at radius 2 is 1.89 bits per heavy atom. The molecule has 0 atom stereocenters. The van der Waals surface area contributed by atoms with E-state index in [-0.39, 0.29) is 12.5 Å². The second kappa shape index (κ2) is 5.51. The first-order valence-electron chi connectivity index (χ1n) is 5.84. The van der Waals surface area contributed by atoms with E-state index in [1.165, 1.54) is 0 Å². The van der Waals surface area contributed by atoms with Gasteiger partial charge in [0.05, 0.1) is 0 Å². The Balaban J connectivity index is 1.91. The molecule has 2 aromatic rings. The Morgan fingerprint density at radius 3 is 2.47 bits per heavy atom. The van der Waals surface area contributed by atoms with Crippen LogP contribution in [-0.4, -0.2) is 22.8 Å². The highest BCUT2D eigenvalue weighted by molar-refractivity contribution is 5.91. The minimum absolute atomic E-state index is 0.0881. The number of carbonyl (C=O) groups is 1. The molecular weight excluding hydrogens is 246 g/mol. The van der Waals surface area contributed by atoms with Gasteiger partial charge in [-0.25, -0.2) is 4.63 Å². The lowest BCUT2D eigenvalue weighted by atomic mass is 10.1. The molecule has 1 amide bonds. The molecule has 0 radical (unpaired) electrons. The summed E-state index contributed by atoms with van der Waals surface area (Å²) in [6.45, 7) is 5.56. The molecule has 6 heteroatoms. The number of aryl methyl sites for hydroxylation is 3. The van der Waals surface area contributed by atoms with Crippen LogP contribution in [0.25, 0.3) is 0 Å². The highest BCUT2D eigenvalue weighted by Crippen LogP contribution is 2.16. The first kappa shape index (κ1) is 13.1. The van der Waals surface area contributed by atoms with Crippen LogP contribution in [0.4, 0.5) is 5.82 Å². The van der Waals surface area contributed by atoms with E-state index in [2.05, 4.69) is 20.3 Å². The molecule has 0 unspecified atom stereocenters. The van der Waals surface area contributed by atoms with Crippen molar-refractivity contribution in [1.82, 2.24) is 10.3 Å². The zero-order chi connectivity index (χ0) is 13.8. The van der Waals surface area contributed by atoms with Gasteiger partial charge in [-0.15, -0.1) is 0 Å². The van der Waals surface area contributed by atoms with Crippen molar-refractivity contribution >= 4 is 11.7 Å². The molecular formula is C13H15N3O3. The lowest BCUT2D eigenvalue weighted by molar-refractivity contribution is -0.118. The smallest absolute Gasteiger partial charge is 0.263 e. The molecule has 19 heavy (non-hydrogen) atoms. The fourth-order valence-electron chi connectivity index (χ4n) is 1.68. The van der Waals surface area contributed by atoms with Crippen molar-refractivity contribution in [3.05, 3.63) is 35.0 Å². The summed E-state index contributed by atoms with van der Waals surface area (Å²) < 4.78 is 9.91. The number of rotatable bonds is 4. The highest BCUT2D eigenvalue weighted by Gasteiger charge is 2.10. The van der Waals surface area contributed by atoms with Crippen LogP contribution in [0, 0.1) is 20.8 Å². The number of nitrogens with one attached hydrogen (secondary N) is 1. The van der Waals surface area contributed by atoms with E-state index in [4.69, 9.17) is 4.74 Å². The van der Waals surface area contributed by atoms with Gasteiger partial charge in [0, 0.05) is 0 Å². The second-order valence-electron chi connectivity index (χ2n) is 4.36. The molecule has 0 saturated heterocycles. The van der Waals surface area contributed by atoms with Crippen LogP contribution in [-0.2, 0) is 4.79 Å². The predicted molar refractivity (Wildman–Crippen MR) is 69.1 cm³/mol. The van der Waals surface area contributed by atoms with Crippen LogP contribution in [0.2, 0.25) is 0 Å². The number of anilines is 1. The van der Waals surface area contributed by atoms with E-state index in [0.29, 0.717) is 17.3 Å². The van der Waals surface area contributed by atoms with Crippen molar-refractivity contribution in [2.45, 2.75) is 20.8 Å². The quantitative estimate of drug-likeness (QED) is 0.911. The van der Waals surface area contributed by atoms with Gasteiger partial charge in [0.25, 0.3) is 5.91 Å². The maximum Gasteiger partial charge on any atom is 0.263 e. The Morgan fingerprint density at radius 1 is 1.21 bits per heavy atom. The third kappa shape index (κ3) is 3.54. The normalized spacial score (nSPS) is 10.3. The topological polar surface area (TPSA) is 77.2 Å². The summed E-state index contributed by atoms with van der Waals surface area (Å²) in [6.07, 6.45) is 0. The van der Waals surface area contributed by atoms with Crippen molar-refractivity contribution in [2.75, 3.05) is 11.9 Å². The van der Waals surface area contributed by atoms with Gasteiger partial charge in [-0.2, -0.15) is 0 Å². The lowest BCUT2D eigenvalue weighted by Crippen LogP contribution is -2.20. The number of carbonyl (C=O) groups excluding carboxylic acids is 1. The summed E-state index contributed by atoms with van der Waals surface area (Å²) in [5, 5.41) is 9.69. The fourth-order valence-corrected chi connectivity index (χ4v) is 1.68. The predicted octanol–water partition coefficient (Wildman–Crippen LogP) is 2.01. The van der Waals surface area contributed by atoms with Crippen molar-refractivity contribution in [3.8, 4) is 5.75 Å². The molecule has 1 heterocycles. The first-order chi connectivity index (χ1) is 9.04. The molecule has 1 aromatic carbocycles. The summed E-state index contributed by atoms with van der Waals surface area (Å²) in [4.78, 5) is 11.7. The molecule has 0 saturated carbocycles.